The van der Waals surface area contributed by atoms with Crippen molar-refractivity contribution in [2.75, 3.05) is 30.5 Å². The second-order valence-electron chi connectivity index (χ2n) is 4.87. The molecule has 5 heteroatoms. The highest BCUT2D eigenvalue weighted by Crippen LogP contribution is 2.19. The molecule has 0 heterocycles. The molecule has 16 heavy (non-hydrogen) atoms. The molecule has 0 radical (unpaired) electrons. The van der Waals surface area contributed by atoms with Crippen LogP contribution in [0, 0.1) is 5.41 Å². The topological polar surface area (TPSA) is 46.2 Å². The summed E-state index contributed by atoms with van der Waals surface area (Å²) in [6.07, 6.45) is 1.65. The predicted molar refractivity (Wildman–Crippen MR) is 70.9 cm³/mol. The molecule has 0 aliphatic carbocycles. The highest BCUT2D eigenvalue weighted by molar-refractivity contribution is 7.91. The van der Waals surface area contributed by atoms with E-state index in [0.29, 0.717) is 12.3 Å². The molecule has 0 amide bonds. The lowest BCUT2D eigenvalue weighted by atomic mass is 9.90. The van der Waals surface area contributed by atoms with Crippen molar-refractivity contribution in [1.29, 1.82) is 0 Å². The van der Waals surface area contributed by atoms with Crippen molar-refractivity contribution >= 4 is 21.4 Å². The number of alkyl halides is 1. The van der Waals surface area contributed by atoms with E-state index in [9.17, 15) is 8.42 Å². The Morgan fingerprint density at radius 2 is 1.94 bits per heavy atom. The van der Waals surface area contributed by atoms with Gasteiger partial charge in [-0.1, -0.05) is 20.8 Å². The molecule has 0 saturated heterocycles. The molecule has 0 aliphatic heterocycles. The molecule has 3 nitrogen and oxygen atoms in total. The van der Waals surface area contributed by atoms with Gasteiger partial charge in [0.1, 0.15) is 9.84 Å². The summed E-state index contributed by atoms with van der Waals surface area (Å²) < 4.78 is 22.4. The summed E-state index contributed by atoms with van der Waals surface area (Å²) in [7, 11) is -2.81. The number of halogens is 1. The monoisotopic (exact) mass is 269 g/mol. The fourth-order valence-electron chi connectivity index (χ4n) is 1.33. The fraction of sp³-hybridized carbons (Fsp3) is 1.00. The summed E-state index contributed by atoms with van der Waals surface area (Å²) in [6.45, 7) is 7.64. The zero-order valence-corrected chi connectivity index (χ0v) is 12.1. The third kappa shape index (κ3) is 8.36. The first-order valence-corrected chi connectivity index (χ1v) is 8.16. The maximum Gasteiger partial charge on any atom is 0.150 e. The van der Waals surface area contributed by atoms with Crippen LogP contribution in [0.2, 0.25) is 0 Å². The van der Waals surface area contributed by atoms with Crippen LogP contribution in [-0.2, 0) is 9.84 Å². The average molecular weight is 270 g/mol. The maximum atomic E-state index is 11.2. The van der Waals surface area contributed by atoms with Gasteiger partial charge in [-0.15, -0.1) is 11.6 Å². The normalized spacial score (nSPS) is 13.0. The van der Waals surface area contributed by atoms with E-state index in [0.717, 1.165) is 19.5 Å². The van der Waals surface area contributed by atoms with Crippen LogP contribution >= 0.6 is 11.6 Å². The molecular formula is C11H24ClNO2S. The molecule has 0 rings (SSSR count). The van der Waals surface area contributed by atoms with E-state index in [1.165, 1.54) is 0 Å². The minimum Gasteiger partial charge on any atom is -0.316 e. The third-order valence-corrected chi connectivity index (χ3v) is 4.60. The quantitative estimate of drug-likeness (QED) is 0.515. The van der Waals surface area contributed by atoms with E-state index < -0.39 is 9.84 Å². The van der Waals surface area contributed by atoms with E-state index in [4.69, 9.17) is 11.6 Å². The van der Waals surface area contributed by atoms with Crippen molar-refractivity contribution in [3.8, 4) is 0 Å². The molecule has 0 aliphatic rings. The zero-order valence-electron chi connectivity index (χ0n) is 10.6. The van der Waals surface area contributed by atoms with Crippen LogP contribution < -0.4 is 5.32 Å². The molecule has 0 spiro atoms. The lowest BCUT2D eigenvalue weighted by Gasteiger charge is -2.23. The van der Waals surface area contributed by atoms with Gasteiger partial charge in [0.2, 0.25) is 0 Å². The van der Waals surface area contributed by atoms with Crippen LogP contribution in [0.5, 0.6) is 0 Å². The minimum absolute atomic E-state index is 0.186. The van der Waals surface area contributed by atoms with Gasteiger partial charge in [0.25, 0.3) is 0 Å². The van der Waals surface area contributed by atoms with Crippen molar-refractivity contribution in [3.05, 3.63) is 0 Å². The lowest BCUT2D eigenvalue weighted by Crippen LogP contribution is -2.31. The summed E-state index contributed by atoms with van der Waals surface area (Å²) >= 11 is 5.70. The molecule has 0 fully saturated rings. The molecular weight excluding hydrogens is 246 g/mol. The van der Waals surface area contributed by atoms with Crippen LogP contribution in [0.3, 0.4) is 0 Å². The molecule has 0 aromatic rings. The standard InChI is InChI=1S/C11H24ClNO2S/c1-4-16(14,15)9-5-8-13-10-11(2,3)6-7-12/h13H,4-10H2,1-3H3. The van der Waals surface area contributed by atoms with Gasteiger partial charge in [0.05, 0.1) is 5.75 Å². The number of nitrogens with one attached hydrogen (secondary N) is 1. The van der Waals surface area contributed by atoms with Crippen molar-refractivity contribution in [2.45, 2.75) is 33.6 Å². The Balaban J connectivity index is 3.62. The molecule has 0 saturated carbocycles. The summed E-state index contributed by atoms with van der Waals surface area (Å²) in [5.74, 6) is 1.19. The van der Waals surface area contributed by atoms with Crippen molar-refractivity contribution in [2.24, 2.45) is 5.41 Å². The summed E-state index contributed by atoms with van der Waals surface area (Å²) in [4.78, 5) is 0. The van der Waals surface area contributed by atoms with Gasteiger partial charge in [0.15, 0.2) is 0 Å². The molecule has 0 atom stereocenters. The first-order chi connectivity index (χ1) is 7.33. The number of rotatable bonds is 9. The van der Waals surface area contributed by atoms with E-state index in [1.807, 2.05) is 0 Å². The number of hydrogen-bond donors (Lipinski definition) is 1. The second-order valence-corrected chi connectivity index (χ2v) is 7.72. The molecule has 98 valence electrons. The third-order valence-electron chi connectivity index (χ3n) is 2.62. The SMILES string of the molecule is CCS(=O)(=O)CCCNCC(C)(C)CCCl. The van der Waals surface area contributed by atoms with Crippen LogP contribution in [0.25, 0.3) is 0 Å². The Hall–Kier alpha value is 0.200. The van der Waals surface area contributed by atoms with E-state index in [2.05, 4.69) is 19.2 Å². The lowest BCUT2D eigenvalue weighted by molar-refractivity contribution is 0.331. The highest BCUT2D eigenvalue weighted by atomic mass is 35.5. The first-order valence-electron chi connectivity index (χ1n) is 5.80. The Kier molecular flexibility index (Phi) is 7.61. The van der Waals surface area contributed by atoms with Gasteiger partial charge in [-0.2, -0.15) is 0 Å². The highest BCUT2D eigenvalue weighted by Gasteiger charge is 2.16. The van der Waals surface area contributed by atoms with Crippen molar-refractivity contribution < 1.29 is 8.42 Å². The van der Waals surface area contributed by atoms with Gasteiger partial charge in [-0.3, -0.25) is 0 Å². The van der Waals surface area contributed by atoms with Gasteiger partial charge < -0.3 is 5.32 Å². The van der Waals surface area contributed by atoms with Crippen LogP contribution in [0.1, 0.15) is 33.6 Å². The van der Waals surface area contributed by atoms with Crippen molar-refractivity contribution in [1.82, 2.24) is 5.32 Å². The summed E-state index contributed by atoms with van der Waals surface area (Å²) in [5.41, 5.74) is 0.186. The summed E-state index contributed by atoms with van der Waals surface area (Å²) in [6, 6.07) is 0. The largest absolute Gasteiger partial charge is 0.316 e. The van der Waals surface area contributed by atoms with E-state index in [-0.39, 0.29) is 16.9 Å². The fourth-order valence-corrected chi connectivity index (χ4v) is 2.72. The maximum absolute atomic E-state index is 11.2. The molecule has 0 bridgehead atoms. The smallest absolute Gasteiger partial charge is 0.150 e. The second kappa shape index (κ2) is 7.51. The Labute approximate surface area is 105 Å². The predicted octanol–water partition coefficient (Wildman–Crippen LogP) is 2.06. The van der Waals surface area contributed by atoms with Crippen molar-refractivity contribution in [3.63, 3.8) is 0 Å². The summed E-state index contributed by atoms with van der Waals surface area (Å²) in [5, 5.41) is 3.28. The van der Waals surface area contributed by atoms with Crippen LogP contribution in [-0.4, -0.2) is 38.9 Å². The van der Waals surface area contributed by atoms with Gasteiger partial charge in [0, 0.05) is 18.2 Å². The first kappa shape index (κ1) is 16.2. The Morgan fingerprint density at radius 1 is 1.31 bits per heavy atom. The van der Waals surface area contributed by atoms with Crippen LogP contribution in [0.4, 0.5) is 0 Å². The zero-order chi connectivity index (χ0) is 12.7. The molecule has 0 aromatic heterocycles. The van der Waals surface area contributed by atoms with E-state index in [1.54, 1.807) is 6.92 Å². The number of sulfone groups is 1. The van der Waals surface area contributed by atoms with Gasteiger partial charge in [-0.25, -0.2) is 8.42 Å². The van der Waals surface area contributed by atoms with E-state index >= 15 is 0 Å². The van der Waals surface area contributed by atoms with Gasteiger partial charge >= 0.3 is 0 Å². The molecule has 1 N–H and O–H groups in total. The molecule has 0 aromatic carbocycles. The molecule has 0 unspecified atom stereocenters. The Bertz CT molecular complexity index is 276. The van der Waals surface area contributed by atoms with Gasteiger partial charge in [-0.05, 0) is 24.8 Å². The average Bonchev–Trinajstić information content (AvgIpc) is 2.17. The van der Waals surface area contributed by atoms with Crippen LogP contribution in [0.15, 0.2) is 0 Å². The Morgan fingerprint density at radius 3 is 2.44 bits per heavy atom. The number of hydrogen-bond acceptors (Lipinski definition) is 3. The minimum atomic E-state index is -2.81.